The molecular formula is C27H35F3N4O3. The van der Waals surface area contributed by atoms with Crippen molar-refractivity contribution in [2.75, 3.05) is 27.3 Å². The molecule has 1 saturated heterocycles. The van der Waals surface area contributed by atoms with Gasteiger partial charge in [-0.2, -0.15) is 23.1 Å². The molecular weight excluding hydrogens is 485 g/mol. The average molecular weight is 521 g/mol. The van der Waals surface area contributed by atoms with E-state index in [4.69, 9.17) is 9.47 Å². The highest BCUT2D eigenvalue weighted by atomic mass is 19.4. The summed E-state index contributed by atoms with van der Waals surface area (Å²) in [4.78, 5) is 23.9. The van der Waals surface area contributed by atoms with Gasteiger partial charge in [-0.25, -0.2) is 0 Å². The number of benzene rings is 1. The van der Waals surface area contributed by atoms with Crippen LogP contribution in [-0.2, 0) is 17.3 Å². The molecule has 0 unspecified atom stereocenters. The molecule has 1 aliphatic carbocycles. The van der Waals surface area contributed by atoms with Crippen molar-refractivity contribution in [3.8, 4) is 6.01 Å². The largest absolute Gasteiger partial charge is 0.467 e. The normalized spacial score (nSPS) is 21.2. The molecule has 1 aromatic heterocycles. The quantitative estimate of drug-likeness (QED) is 0.577. The van der Waals surface area contributed by atoms with E-state index in [9.17, 15) is 18.0 Å². The smallest absolute Gasteiger partial charge is 0.416 e. The third kappa shape index (κ3) is 6.59. The number of alkyl halides is 3. The van der Waals surface area contributed by atoms with E-state index >= 15 is 0 Å². The van der Waals surface area contributed by atoms with Crippen molar-refractivity contribution in [1.82, 2.24) is 20.2 Å². The number of nitrogens with zero attached hydrogens (tertiary/aromatic N) is 3. The number of aromatic nitrogens is 2. The molecule has 0 spiro atoms. The van der Waals surface area contributed by atoms with Gasteiger partial charge in [0.2, 0.25) is 0 Å². The number of carbonyl (C=O) groups excluding carboxylic acids is 1. The third-order valence-electron chi connectivity index (χ3n) is 7.47. The summed E-state index contributed by atoms with van der Waals surface area (Å²) in [6.45, 7) is 2.92. The predicted molar refractivity (Wildman–Crippen MR) is 133 cm³/mol. The van der Waals surface area contributed by atoms with Crippen LogP contribution < -0.4 is 10.1 Å². The van der Waals surface area contributed by atoms with Gasteiger partial charge in [-0.3, -0.25) is 4.79 Å². The Labute approximate surface area is 215 Å². The zero-order valence-corrected chi connectivity index (χ0v) is 21.6. The Morgan fingerprint density at radius 1 is 1.11 bits per heavy atom. The molecule has 1 amide bonds. The van der Waals surface area contributed by atoms with Gasteiger partial charge in [-0.05, 0) is 44.2 Å². The molecule has 2 aliphatic rings. The molecule has 2 atom stereocenters. The second kappa shape index (κ2) is 11.8. The summed E-state index contributed by atoms with van der Waals surface area (Å²) < 4.78 is 50.4. The molecule has 202 valence electrons. The van der Waals surface area contributed by atoms with E-state index in [-0.39, 0.29) is 30.1 Å². The number of ether oxygens (including phenoxy) is 2. The summed E-state index contributed by atoms with van der Waals surface area (Å²) in [6.07, 6.45) is 2.16. The number of rotatable bonds is 7. The number of halogens is 3. The SMILES string of the molecule is COc1nc(Cc2cccc(C(F)(F)F)c2)c(C)c(C(=O)N2CCC(N[C@H]3CCCC[C@H]3OC)CC2)n1. The fourth-order valence-electron chi connectivity index (χ4n) is 5.33. The van der Waals surface area contributed by atoms with Crippen molar-refractivity contribution in [1.29, 1.82) is 0 Å². The van der Waals surface area contributed by atoms with Crippen molar-refractivity contribution in [3.05, 3.63) is 52.3 Å². The summed E-state index contributed by atoms with van der Waals surface area (Å²) in [5.74, 6) is -0.214. The van der Waals surface area contributed by atoms with Gasteiger partial charge in [0.25, 0.3) is 5.91 Å². The van der Waals surface area contributed by atoms with Gasteiger partial charge in [-0.1, -0.05) is 31.0 Å². The Hall–Kier alpha value is -2.72. The Bertz CT molecular complexity index is 1090. The fourth-order valence-corrected chi connectivity index (χ4v) is 5.33. The number of methoxy groups -OCH3 is 2. The number of carbonyl (C=O) groups is 1. The maximum Gasteiger partial charge on any atom is 0.416 e. The number of nitrogens with one attached hydrogen (secondary N) is 1. The van der Waals surface area contributed by atoms with Crippen molar-refractivity contribution < 1.29 is 27.4 Å². The lowest BCUT2D eigenvalue weighted by Gasteiger charge is -2.38. The lowest BCUT2D eigenvalue weighted by atomic mass is 9.90. The standard InChI is InChI=1S/C27H35F3N4O3/c1-17-22(16-18-7-6-8-19(15-18)27(28,29)30)32-26(37-3)33-24(17)25(35)34-13-11-20(12-14-34)31-21-9-4-5-10-23(21)36-2/h6-8,15,20-21,23,31H,4-5,9-14,16H2,1-3H3/t21-,23+/m0/s1. The van der Waals surface area contributed by atoms with Crippen LogP contribution in [0, 0.1) is 6.92 Å². The fraction of sp³-hybridized carbons (Fsp3) is 0.593. The number of hydrogen-bond donors (Lipinski definition) is 1. The van der Waals surface area contributed by atoms with Crippen LogP contribution in [0.1, 0.15) is 71.4 Å². The second-order valence-electron chi connectivity index (χ2n) is 9.90. The summed E-state index contributed by atoms with van der Waals surface area (Å²) >= 11 is 0. The van der Waals surface area contributed by atoms with E-state index in [0.717, 1.165) is 37.8 Å². The topological polar surface area (TPSA) is 76.6 Å². The predicted octanol–water partition coefficient (Wildman–Crippen LogP) is 4.56. The van der Waals surface area contributed by atoms with Crippen LogP contribution in [0.5, 0.6) is 6.01 Å². The Balaban J connectivity index is 1.45. The molecule has 4 rings (SSSR count). The molecule has 7 nitrogen and oxygen atoms in total. The minimum Gasteiger partial charge on any atom is -0.467 e. The highest BCUT2D eigenvalue weighted by molar-refractivity contribution is 5.94. The van der Waals surface area contributed by atoms with Crippen molar-refractivity contribution in [2.24, 2.45) is 0 Å². The monoisotopic (exact) mass is 520 g/mol. The molecule has 2 heterocycles. The summed E-state index contributed by atoms with van der Waals surface area (Å²) in [7, 11) is 3.17. The molecule has 0 radical (unpaired) electrons. The molecule has 10 heteroatoms. The van der Waals surface area contributed by atoms with Gasteiger partial charge in [0.15, 0.2) is 0 Å². The van der Waals surface area contributed by atoms with Crippen molar-refractivity contribution in [3.63, 3.8) is 0 Å². The Morgan fingerprint density at radius 2 is 1.84 bits per heavy atom. The van der Waals surface area contributed by atoms with Crippen LogP contribution in [0.4, 0.5) is 13.2 Å². The van der Waals surface area contributed by atoms with Gasteiger partial charge in [0.05, 0.1) is 24.5 Å². The first kappa shape index (κ1) is 27.3. The minimum absolute atomic E-state index is 0.0235. The summed E-state index contributed by atoms with van der Waals surface area (Å²) in [6, 6.07) is 5.82. The zero-order valence-electron chi connectivity index (χ0n) is 21.6. The van der Waals surface area contributed by atoms with Gasteiger partial charge in [0.1, 0.15) is 5.69 Å². The number of piperidine rings is 1. The molecule has 2 fully saturated rings. The Morgan fingerprint density at radius 3 is 2.51 bits per heavy atom. The highest BCUT2D eigenvalue weighted by Crippen LogP contribution is 2.30. The molecule has 1 aliphatic heterocycles. The third-order valence-corrected chi connectivity index (χ3v) is 7.47. The van der Waals surface area contributed by atoms with Crippen molar-refractivity contribution in [2.45, 2.75) is 76.2 Å². The first-order chi connectivity index (χ1) is 17.7. The van der Waals surface area contributed by atoms with E-state index in [1.165, 1.54) is 26.0 Å². The average Bonchev–Trinajstić information content (AvgIpc) is 2.90. The maximum absolute atomic E-state index is 13.5. The number of likely N-dealkylation sites (tertiary alicyclic amines) is 1. The zero-order chi connectivity index (χ0) is 26.6. The van der Waals surface area contributed by atoms with E-state index in [0.29, 0.717) is 42.0 Å². The van der Waals surface area contributed by atoms with Gasteiger partial charge >= 0.3 is 12.2 Å². The molecule has 1 saturated carbocycles. The highest BCUT2D eigenvalue weighted by Gasteiger charge is 2.32. The van der Waals surface area contributed by atoms with Crippen LogP contribution >= 0.6 is 0 Å². The van der Waals surface area contributed by atoms with Crippen molar-refractivity contribution >= 4 is 5.91 Å². The number of hydrogen-bond acceptors (Lipinski definition) is 6. The lowest BCUT2D eigenvalue weighted by Crippen LogP contribution is -2.52. The minimum atomic E-state index is -4.43. The lowest BCUT2D eigenvalue weighted by molar-refractivity contribution is -0.137. The molecule has 1 aromatic carbocycles. The van der Waals surface area contributed by atoms with Crippen LogP contribution in [0.25, 0.3) is 0 Å². The van der Waals surface area contributed by atoms with Gasteiger partial charge in [-0.15, -0.1) is 0 Å². The molecule has 0 bridgehead atoms. The number of amides is 1. The second-order valence-corrected chi connectivity index (χ2v) is 9.90. The summed E-state index contributed by atoms with van der Waals surface area (Å²) in [5.41, 5.74) is 0.970. The van der Waals surface area contributed by atoms with Crippen LogP contribution in [0.15, 0.2) is 24.3 Å². The first-order valence-electron chi connectivity index (χ1n) is 12.9. The summed E-state index contributed by atoms with van der Waals surface area (Å²) in [5, 5.41) is 3.75. The van der Waals surface area contributed by atoms with Crippen LogP contribution in [-0.4, -0.2) is 66.3 Å². The first-order valence-corrected chi connectivity index (χ1v) is 12.9. The van der Waals surface area contributed by atoms with Gasteiger partial charge in [0, 0.05) is 44.3 Å². The van der Waals surface area contributed by atoms with E-state index < -0.39 is 11.7 Å². The molecule has 2 aromatic rings. The maximum atomic E-state index is 13.5. The molecule has 1 N–H and O–H groups in total. The van der Waals surface area contributed by atoms with E-state index in [1.807, 2.05) is 0 Å². The van der Waals surface area contributed by atoms with E-state index in [1.54, 1.807) is 25.0 Å². The Kier molecular flexibility index (Phi) is 8.69. The van der Waals surface area contributed by atoms with Crippen LogP contribution in [0.3, 0.4) is 0 Å². The van der Waals surface area contributed by atoms with E-state index in [2.05, 4.69) is 15.3 Å². The van der Waals surface area contributed by atoms with Crippen LogP contribution in [0.2, 0.25) is 0 Å². The van der Waals surface area contributed by atoms with Gasteiger partial charge < -0.3 is 19.7 Å². The molecule has 37 heavy (non-hydrogen) atoms.